The molecular weight excluding hydrogens is 465 g/mol. The SMILES string of the molecule is CCCC[C@]1(CC)CN(c2ccc(F)cc2)c2cc(SC)c(OCC(=O)O)cc2S(O)(O)C1. The van der Waals surface area contributed by atoms with Gasteiger partial charge in [-0.1, -0.05) is 26.7 Å². The van der Waals surface area contributed by atoms with E-state index in [0.29, 0.717) is 27.8 Å². The Morgan fingerprint density at radius 3 is 2.52 bits per heavy atom. The molecule has 1 atom stereocenters. The van der Waals surface area contributed by atoms with Gasteiger partial charge in [-0.3, -0.25) is 9.11 Å². The third-order valence-electron chi connectivity index (χ3n) is 6.19. The molecule has 0 aliphatic carbocycles. The molecule has 0 unspecified atom stereocenters. The number of hydrogen-bond acceptors (Lipinski definition) is 6. The van der Waals surface area contributed by atoms with Crippen LogP contribution in [-0.2, 0) is 4.79 Å². The number of unbranched alkanes of at least 4 members (excludes halogenated alkanes) is 1. The number of carbonyl (C=O) groups is 1. The van der Waals surface area contributed by atoms with Crippen molar-refractivity contribution in [3.05, 3.63) is 42.2 Å². The number of carboxylic acid groups (broad SMARTS) is 1. The van der Waals surface area contributed by atoms with E-state index in [2.05, 4.69) is 13.8 Å². The standard InChI is InChI=1S/C24H32FNO5S2/c1-4-6-11-24(5-2)15-26(18-9-7-17(25)8-10-18)19-12-21(32-3)20(31-14-23(27)28)13-22(19)33(29,30)16-24/h7-10,12-13,29-30H,4-6,11,14-16H2,1-3H3,(H,27,28)/t24-/m1/s1. The fourth-order valence-corrected chi connectivity index (χ4v) is 7.13. The zero-order chi connectivity index (χ0) is 24.2. The quantitative estimate of drug-likeness (QED) is 0.326. The first-order valence-electron chi connectivity index (χ1n) is 11.0. The predicted octanol–water partition coefficient (Wildman–Crippen LogP) is 6.86. The Morgan fingerprint density at radius 2 is 1.94 bits per heavy atom. The number of ether oxygens (including phenoxy) is 1. The second kappa shape index (κ2) is 10.5. The van der Waals surface area contributed by atoms with Gasteiger partial charge in [0.05, 0.1) is 15.5 Å². The summed E-state index contributed by atoms with van der Waals surface area (Å²) >= 11 is 1.39. The van der Waals surface area contributed by atoms with Crippen molar-refractivity contribution in [1.82, 2.24) is 0 Å². The molecule has 182 valence electrons. The molecule has 0 spiro atoms. The molecule has 0 amide bonds. The molecule has 0 saturated carbocycles. The van der Waals surface area contributed by atoms with Crippen LogP contribution in [0.2, 0.25) is 0 Å². The topological polar surface area (TPSA) is 90.2 Å². The lowest BCUT2D eigenvalue weighted by atomic mass is 9.81. The maximum absolute atomic E-state index is 13.7. The summed E-state index contributed by atoms with van der Waals surface area (Å²) in [5.41, 5.74) is 1.03. The van der Waals surface area contributed by atoms with Crippen LogP contribution in [0.5, 0.6) is 5.75 Å². The second-order valence-electron chi connectivity index (χ2n) is 8.48. The van der Waals surface area contributed by atoms with Gasteiger partial charge in [0.15, 0.2) is 6.61 Å². The number of anilines is 2. The number of fused-ring (bicyclic) bond motifs is 1. The van der Waals surface area contributed by atoms with Crippen LogP contribution >= 0.6 is 22.4 Å². The van der Waals surface area contributed by atoms with E-state index in [1.165, 1.54) is 23.9 Å². The zero-order valence-corrected chi connectivity index (χ0v) is 20.8. The highest BCUT2D eigenvalue weighted by molar-refractivity contribution is 8.24. The van der Waals surface area contributed by atoms with Gasteiger partial charge in [-0.25, -0.2) is 9.18 Å². The van der Waals surface area contributed by atoms with Crippen molar-refractivity contribution in [2.45, 2.75) is 49.3 Å². The minimum atomic E-state index is -3.22. The normalized spacial score (nSPS) is 20.6. The summed E-state index contributed by atoms with van der Waals surface area (Å²) in [6, 6.07) is 9.59. The van der Waals surface area contributed by atoms with Crippen molar-refractivity contribution >= 4 is 39.7 Å². The molecule has 0 fully saturated rings. The highest BCUT2D eigenvalue weighted by Crippen LogP contribution is 2.62. The molecule has 0 saturated heterocycles. The van der Waals surface area contributed by atoms with E-state index in [1.54, 1.807) is 18.2 Å². The first kappa shape index (κ1) is 25.7. The number of halogens is 1. The molecule has 3 rings (SSSR count). The Morgan fingerprint density at radius 1 is 1.24 bits per heavy atom. The van der Waals surface area contributed by atoms with Gasteiger partial charge in [-0.2, -0.15) is 10.6 Å². The minimum absolute atomic E-state index is 0.207. The molecule has 0 radical (unpaired) electrons. The van der Waals surface area contributed by atoms with Gasteiger partial charge in [0, 0.05) is 29.5 Å². The van der Waals surface area contributed by atoms with E-state index in [-0.39, 0.29) is 17.0 Å². The smallest absolute Gasteiger partial charge is 0.341 e. The highest BCUT2D eigenvalue weighted by Gasteiger charge is 2.42. The minimum Gasteiger partial charge on any atom is -0.481 e. The van der Waals surface area contributed by atoms with Gasteiger partial charge in [-0.15, -0.1) is 11.8 Å². The van der Waals surface area contributed by atoms with E-state index in [9.17, 15) is 18.3 Å². The molecule has 0 aromatic heterocycles. The average molecular weight is 498 g/mol. The van der Waals surface area contributed by atoms with Crippen molar-refractivity contribution < 1.29 is 28.1 Å². The average Bonchev–Trinajstić information content (AvgIpc) is 2.88. The highest BCUT2D eigenvalue weighted by atomic mass is 32.3. The van der Waals surface area contributed by atoms with Gasteiger partial charge in [0.1, 0.15) is 11.6 Å². The molecule has 3 N–H and O–H groups in total. The number of hydrogen-bond donors (Lipinski definition) is 3. The fourth-order valence-electron chi connectivity index (χ4n) is 4.33. The number of aliphatic carboxylic acids is 1. The lowest BCUT2D eigenvalue weighted by Crippen LogP contribution is -2.37. The Kier molecular flexibility index (Phi) is 8.21. The lowest BCUT2D eigenvalue weighted by molar-refractivity contribution is -0.139. The maximum atomic E-state index is 13.7. The Hall–Kier alpha value is -1.94. The largest absolute Gasteiger partial charge is 0.481 e. The molecule has 1 aliphatic heterocycles. The van der Waals surface area contributed by atoms with Crippen LogP contribution in [0.1, 0.15) is 39.5 Å². The molecule has 2 aromatic rings. The van der Waals surface area contributed by atoms with Gasteiger partial charge in [-0.05, 0) is 49.4 Å². The third-order valence-corrected chi connectivity index (χ3v) is 8.99. The number of carboxylic acids is 1. The Bertz CT molecular complexity index is 986. The first-order valence-corrected chi connectivity index (χ1v) is 13.9. The summed E-state index contributed by atoms with van der Waals surface area (Å²) in [5, 5.41) is 9.06. The number of benzene rings is 2. The van der Waals surface area contributed by atoms with Crippen LogP contribution in [0.15, 0.2) is 46.2 Å². The van der Waals surface area contributed by atoms with Crippen LogP contribution in [0.3, 0.4) is 0 Å². The van der Waals surface area contributed by atoms with Gasteiger partial charge >= 0.3 is 5.97 Å². The summed E-state index contributed by atoms with van der Waals surface area (Å²) in [7, 11) is -3.22. The zero-order valence-electron chi connectivity index (χ0n) is 19.2. The lowest BCUT2D eigenvalue weighted by Gasteiger charge is -2.41. The van der Waals surface area contributed by atoms with E-state index >= 15 is 0 Å². The van der Waals surface area contributed by atoms with E-state index in [1.807, 2.05) is 17.2 Å². The number of nitrogens with zero attached hydrogens (tertiary/aromatic N) is 1. The van der Waals surface area contributed by atoms with Crippen LogP contribution in [0, 0.1) is 11.2 Å². The fraction of sp³-hybridized carbons (Fsp3) is 0.458. The Balaban J connectivity index is 2.22. The summed E-state index contributed by atoms with van der Waals surface area (Å²) < 4.78 is 42.0. The summed E-state index contributed by atoms with van der Waals surface area (Å²) in [6.45, 7) is 4.21. The Labute approximate surface area is 200 Å². The van der Waals surface area contributed by atoms with E-state index < -0.39 is 23.2 Å². The van der Waals surface area contributed by atoms with Crippen molar-refractivity contribution in [3.8, 4) is 5.75 Å². The van der Waals surface area contributed by atoms with E-state index in [4.69, 9.17) is 9.84 Å². The van der Waals surface area contributed by atoms with Crippen LogP contribution < -0.4 is 9.64 Å². The van der Waals surface area contributed by atoms with Crippen LogP contribution in [-0.4, -0.2) is 45.3 Å². The van der Waals surface area contributed by atoms with E-state index in [0.717, 1.165) is 31.4 Å². The molecule has 1 heterocycles. The monoisotopic (exact) mass is 497 g/mol. The molecule has 2 aromatic carbocycles. The molecule has 33 heavy (non-hydrogen) atoms. The second-order valence-corrected chi connectivity index (χ2v) is 11.4. The van der Waals surface area contributed by atoms with Crippen LogP contribution in [0.25, 0.3) is 0 Å². The van der Waals surface area contributed by atoms with Crippen molar-refractivity contribution in [2.75, 3.05) is 30.1 Å². The molecule has 6 nitrogen and oxygen atoms in total. The third kappa shape index (κ3) is 5.77. The molecule has 0 bridgehead atoms. The van der Waals surface area contributed by atoms with Crippen LogP contribution in [0.4, 0.5) is 15.8 Å². The predicted molar refractivity (Wildman–Crippen MR) is 133 cm³/mol. The van der Waals surface area contributed by atoms with Gasteiger partial charge in [0.25, 0.3) is 0 Å². The maximum Gasteiger partial charge on any atom is 0.341 e. The van der Waals surface area contributed by atoms with Gasteiger partial charge < -0.3 is 14.7 Å². The van der Waals surface area contributed by atoms with Crippen molar-refractivity contribution in [3.63, 3.8) is 0 Å². The number of thioether (sulfide) groups is 1. The molecular formula is C24H32FNO5S2. The molecule has 9 heteroatoms. The van der Waals surface area contributed by atoms with Gasteiger partial charge in [0.2, 0.25) is 0 Å². The molecule has 1 aliphatic rings. The first-order chi connectivity index (χ1) is 15.6. The number of rotatable bonds is 9. The summed E-state index contributed by atoms with van der Waals surface area (Å²) in [6.07, 6.45) is 5.39. The summed E-state index contributed by atoms with van der Waals surface area (Å²) in [4.78, 5) is 14.1. The van der Waals surface area contributed by atoms with Crippen molar-refractivity contribution in [2.24, 2.45) is 5.41 Å². The summed E-state index contributed by atoms with van der Waals surface area (Å²) in [5.74, 6) is -0.938. The van der Waals surface area contributed by atoms with Crippen molar-refractivity contribution in [1.29, 1.82) is 0 Å².